The summed E-state index contributed by atoms with van der Waals surface area (Å²) in [5, 5.41) is 8.86. The number of hydrogen-bond donors (Lipinski definition) is 1. The third-order valence-electron chi connectivity index (χ3n) is 2.71. The lowest BCUT2D eigenvalue weighted by molar-refractivity contribution is 0.263. The van der Waals surface area contributed by atoms with Crippen LogP contribution in [-0.4, -0.2) is 34.8 Å². The first-order valence-electron chi connectivity index (χ1n) is 5.13. The van der Waals surface area contributed by atoms with Crippen molar-refractivity contribution in [2.45, 2.75) is 12.8 Å². The zero-order valence-corrected chi connectivity index (χ0v) is 10.0. The van der Waals surface area contributed by atoms with Gasteiger partial charge in [0, 0.05) is 32.1 Å². The largest absolute Gasteiger partial charge is 0.396 e. The van der Waals surface area contributed by atoms with E-state index in [1.165, 1.54) is 0 Å². The molecule has 0 spiro atoms. The third kappa shape index (κ3) is 2.66. The van der Waals surface area contributed by atoms with Crippen LogP contribution in [0.5, 0.6) is 0 Å². The number of hydrogen-bond acceptors (Lipinski definition) is 4. The number of aromatic nitrogens is 2. The molecule has 0 radical (unpaired) electrons. The predicted molar refractivity (Wildman–Crippen MR) is 61.8 cm³/mol. The topological polar surface area (TPSA) is 49.2 Å². The van der Waals surface area contributed by atoms with Crippen molar-refractivity contribution in [3.05, 3.63) is 16.9 Å². The second-order valence-corrected chi connectivity index (χ2v) is 4.73. The van der Waals surface area contributed by atoms with Crippen LogP contribution in [0.1, 0.15) is 12.8 Å². The molecule has 1 unspecified atom stereocenters. The summed E-state index contributed by atoms with van der Waals surface area (Å²) in [5.41, 5.74) is 0. The first-order valence-corrected chi connectivity index (χ1v) is 5.92. The number of halogens is 1. The summed E-state index contributed by atoms with van der Waals surface area (Å²) in [6.45, 7) is 2.23. The summed E-state index contributed by atoms with van der Waals surface area (Å²) < 4.78 is 0.900. The van der Waals surface area contributed by atoms with Crippen molar-refractivity contribution >= 4 is 21.9 Å². The molecule has 1 aliphatic heterocycles. The Morgan fingerprint density at radius 3 is 2.87 bits per heavy atom. The minimum absolute atomic E-state index is 0.277. The van der Waals surface area contributed by atoms with E-state index in [9.17, 15) is 0 Å². The van der Waals surface area contributed by atoms with Crippen LogP contribution in [0.15, 0.2) is 16.9 Å². The molecule has 1 saturated heterocycles. The summed E-state index contributed by atoms with van der Waals surface area (Å²) in [6.07, 6.45) is 5.54. The molecular weight excluding hydrogens is 258 g/mol. The van der Waals surface area contributed by atoms with Crippen molar-refractivity contribution in [3.8, 4) is 0 Å². The second-order valence-electron chi connectivity index (χ2n) is 3.81. The van der Waals surface area contributed by atoms with Crippen molar-refractivity contribution in [2.75, 3.05) is 24.6 Å². The van der Waals surface area contributed by atoms with E-state index in [0.717, 1.165) is 36.4 Å². The smallest absolute Gasteiger partial charge is 0.225 e. The van der Waals surface area contributed by atoms with Gasteiger partial charge in [-0.15, -0.1) is 0 Å². The molecule has 0 amide bonds. The Labute approximate surface area is 97.5 Å². The lowest BCUT2D eigenvalue weighted by Crippen LogP contribution is -2.22. The minimum atomic E-state index is 0.277. The zero-order valence-electron chi connectivity index (χ0n) is 8.43. The molecule has 1 aliphatic rings. The number of aliphatic hydroxyl groups is 1. The van der Waals surface area contributed by atoms with E-state index in [0.29, 0.717) is 5.92 Å². The van der Waals surface area contributed by atoms with E-state index in [2.05, 4.69) is 30.8 Å². The Bertz CT molecular complexity index is 317. The van der Waals surface area contributed by atoms with Crippen LogP contribution in [-0.2, 0) is 0 Å². The van der Waals surface area contributed by atoms with Crippen LogP contribution in [0.4, 0.5) is 5.95 Å². The molecule has 4 nitrogen and oxygen atoms in total. The predicted octanol–water partition coefficient (Wildman–Crippen LogP) is 1.45. The number of rotatable bonds is 3. The van der Waals surface area contributed by atoms with Gasteiger partial charge in [0.05, 0.1) is 4.47 Å². The molecule has 2 rings (SSSR count). The second kappa shape index (κ2) is 4.90. The monoisotopic (exact) mass is 271 g/mol. The van der Waals surface area contributed by atoms with E-state index >= 15 is 0 Å². The average molecular weight is 272 g/mol. The molecule has 15 heavy (non-hydrogen) atoms. The summed E-state index contributed by atoms with van der Waals surface area (Å²) in [5.74, 6) is 1.38. The van der Waals surface area contributed by atoms with Gasteiger partial charge < -0.3 is 10.0 Å². The lowest BCUT2D eigenvalue weighted by atomic mass is 10.1. The van der Waals surface area contributed by atoms with Gasteiger partial charge in [-0.1, -0.05) is 0 Å². The van der Waals surface area contributed by atoms with Gasteiger partial charge in [-0.05, 0) is 34.7 Å². The molecule has 5 heteroatoms. The van der Waals surface area contributed by atoms with Crippen molar-refractivity contribution in [3.63, 3.8) is 0 Å². The molecule has 0 bridgehead atoms. The number of aliphatic hydroxyl groups excluding tert-OH is 1. The van der Waals surface area contributed by atoms with E-state index in [4.69, 9.17) is 5.11 Å². The molecule has 0 aromatic carbocycles. The van der Waals surface area contributed by atoms with Gasteiger partial charge in [-0.3, -0.25) is 0 Å². The van der Waals surface area contributed by atoms with Crippen molar-refractivity contribution in [1.29, 1.82) is 0 Å². The van der Waals surface area contributed by atoms with Gasteiger partial charge >= 0.3 is 0 Å². The van der Waals surface area contributed by atoms with Gasteiger partial charge in [0.15, 0.2) is 0 Å². The quantitative estimate of drug-likeness (QED) is 0.904. The summed E-state index contributed by atoms with van der Waals surface area (Å²) in [6, 6.07) is 0. The first-order chi connectivity index (χ1) is 7.29. The highest BCUT2D eigenvalue weighted by atomic mass is 79.9. The molecule has 82 valence electrons. The molecule has 1 aromatic rings. The Morgan fingerprint density at radius 2 is 2.20 bits per heavy atom. The van der Waals surface area contributed by atoms with Crippen LogP contribution < -0.4 is 4.90 Å². The summed E-state index contributed by atoms with van der Waals surface area (Å²) >= 11 is 3.31. The molecular formula is C10H14BrN3O. The standard InChI is InChI=1S/C10H14BrN3O/c11-9-5-12-10(13-6-9)14-3-1-8(7-14)2-4-15/h5-6,8,15H,1-4,7H2. The highest BCUT2D eigenvalue weighted by molar-refractivity contribution is 9.10. The summed E-state index contributed by atoms with van der Waals surface area (Å²) in [4.78, 5) is 10.7. The highest BCUT2D eigenvalue weighted by Crippen LogP contribution is 2.22. The van der Waals surface area contributed by atoms with E-state index < -0.39 is 0 Å². The van der Waals surface area contributed by atoms with E-state index in [1.54, 1.807) is 12.4 Å². The maximum atomic E-state index is 8.86. The fourth-order valence-electron chi connectivity index (χ4n) is 1.90. The lowest BCUT2D eigenvalue weighted by Gasteiger charge is -2.15. The maximum Gasteiger partial charge on any atom is 0.225 e. The normalized spacial score (nSPS) is 20.9. The van der Waals surface area contributed by atoms with Gasteiger partial charge in [-0.2, -0.15) is 0 Å². The van der Waals surface area contributed by atoms with E-state index in [1.807, 2.05) is 0 Å². The Balaban J connectivity index is 1.98. The minimum Gasteiger partial charge on any atom is -0.396 e. The van der Waals surface area contributed by atoms with Gasteiger partial charge in [0.1, 0.15) is 0 Å². The Kier molecular flexibility index (Phi) is 3.53. The maximum absolute atomic E-state index is 8.86. The first kappa shape index (κ1) is 10.8. The molecule has 1 aromatic heterocycles. The molecule has 0 saturated carbocycles. The third-order valence-corrected chi connectivity index (χ3v) is 3.12. The van der Waals surface area contributed by atoms with Crippen molar-refractivity contribution < 1.29 is 5.11 Å². The Morgan fingerprint density at radius 1 is 1.47 bits per heavy atom. The zero-order chi connectivity index (χ0) is 10.7. The average Bonchev–Trinajstić information content (AvgIpc) is 2.68. The van der Waals surface area contributed by atoms with Crippen LogP contribution in [0, 0.1) is 5.92 Å². The van der Waals surface area contributed by atoms with Gasteiger partial charge in [0.2, 0.25) is 5.95 Å². The number of anilines is 1. The summed E-state index contributed by atoms with van der Waals surface area (Å²) in [7, 11) is 0. The molecule has 1 atom stereocenters. The fourth-order valence-corrected chi connectivity index (χ4v) is 2.11. The van der Waals surface area contributed by atoms with Crippen LogP contribution in [0.3, 0.4) is 0 Å². The van der Waals surface area contributed by atoms with Crippen molar-refractivity contribution in [2.24, 2.45) is 5.92 Å². The van der Waals surface area contributed by atoms with Crippen LogP contribution in [0.2, 0.25) is 0 Å². The highest BCUT2D eigenvalue weighted by Gasteiger charge is 2.23. The van der Waals surface area contributed by atoms with Crippen LogP contribution >= 0.6 is 15.9 Å². The fraction of sp³-hybridized carbons (Fsp3) is 0.600. The van der Waals surface area contributed by atoms with Crippen LogP contribution in [0.25, 0.3) is 0 Å². The van der Waals surface area contributed by atoms with Gasteiger partial charge in [-0.25, -0.2) is 9.97 Å². The molecule has 1 N–H and O–H groups in total. The van der Waals surface area contributed by atoms with Crippen molar-refractivity contribution in [1.82, 2.24) is 9.97 Å². The SMILES string of the molecule is OCCC1CCN(c2ncc(Br)cn2)C1. The molecule has 2 heterocycles. The Hall–Kier alpha value is -0.680. The number of nitrogens with zero attached hydrogens (tertiary/aromatic N) is 3. The molecule has 0 aliphatic carbocycles. The van der Waals surface area contributed by atoms with E-state index in [-0.39, 0.29) is 6.61 Å². The van der Waals surface area contributed by atoms with Gasteiger partial charge in [0.25, 0.3) is 0 Å². The molecule has 1 fully saturated rings.